The molecule has 2 saturated heterocycles. The molecule has 4 heterocycles. The van der Waals surface area contributed by atoms with E-state index in [-0.39, 0.29) is 18.4 Å². The van der Waals surface area contributed by atoms with Crippen molar-refractivity contribution >= 4 is 49.3 Å². The van der Waals surface area contributed by atoms with Gasteiger partial charge in [0.15, 0.2) is 0 Å². The SMILES string of the molecule is C=CC(=O)N1CCN(c2cc(OC[C@@H]3CCCN3C)nc3cc(-c4cccc5cccc(Br)c45)cnc23)CC1CC#N. The lowest BCUT2D eigenvalue weighted by atomic mass is 9.99. The zero-order chi connectivity index (χ0) is 29.2. The van der Waals surface area contributed by atoms with Crippen molar-refractivity contribution in [2.24, 2.45) is 0 Å². The summed E-state index contributed by atoms with van der Waals surface area (Å²) < 4.78 is 7.37. The van der Waals surface area contributed by atoms with E-state index in [1.165, 1.54) is 12.5 Å². The second-order valence-electron chi connectivity index (χ2n) is 11.0. The highest BCUT2D eigenvalue weighted by Crippen LogP contribution is 2.37. The minimum absolute atomic E-state index is 0.150. The van der Waals surface area contributed by atoms with Gasteiger partial charge in [-0.3, -0.25) is 9.78 Å². The summed E-state index contributed by atoms with van der Waals surface area (Å²) in [7, 11) is 2.14. The maximum absolute atomic E-state index is 12.5. The van der Waals surface area contributed by atoms with E-state index in [9.17, 15) is 10.1 Å². The number of benzene rings is 2. The van der Waals surface area contributed by atoms with Gasteiger partial charge in [0.1, 0.15) is 12.1 Å². The minimum atomic E-state index is -0.249. The number of fused-ring (bicyclic) bond motifs is 2. The normalized spacial score (nSPS) is 19.3. The van der Waals surface area contributed by atoms with Crippen LogP contribution in [-0.2, 0) is 4.79 Å². The van der Waals surface area contributed by atoms with Gasteiger partial charge in [-0.05, 0) is 55.6 Å². The van der Waals surface area contributed by atoms with Crippen molar-refractivity contribution in [1.29, 1.82) is 5.26 Å². The van der Waals surface area contributed by atoms with E-state index < -0.39 is 0 Å². The van der Waals surface area contributed by atoms with Gasteiger partial charge in [0.25, 0.3) is 0 Å². The fourth-order valence-corrected chi connectivity index (χ4v) is 6.80. The Morgan fingerprint density at radius 3 is 2.79 bits per heavy atom. The summed E-state index contributed by atoms with van der Waals surface area (Å²) in [5, 5.41) is 11.8. The van der Waals surface area contributed by atoms with Crippen molar-refractivity contribution in [3.63, 3.8) is 0 Å². The first kappa shape index (κ1) is 28.1. The van der Waals surface area contributed by atoms with Crippen LogP contribution in [0.1, 0.15) is 19.3 Å². The number of halogens is 1. The van der Waals surface area contributed by atoms with Crippen molar-refractivity contribution in [2.75, 3.05) is 44.7 Å². The molecule has 9 heteroatoms. The molecular weight excluding hydrogens is 592 g/mol. The number of carbonyl (C=O) groups excluding carboxylic acids is 1. The Bertz CT molecular complexity index is 1700. The van der Waals surface area contributed by atoms with Crippen LogP contribution in [0, 0.1) is 11.3 Å². The molecular formula is C33H33BrN6O2. The molecule has 214 valence electrons. The van der Waals surface area contributed by atoms with Gasteiger partial charge in [0, 0.05) is 53.4 Å². The zero-order valence-corrected chi connectivity index (χ0v) is 25.3. The minimum Gasteiger partial charge on any atom is -0.476 e. The maximum atomic E-state index is 12.5. The van der Waals surface area contributed by atoms with E-state index in [4.69, 9.17) is 14.7 Å². The fourth-order valence-electron chi connectivity index (χ4n) is 6.20. The lowest BCUT2D eigenvalue weighted by Crippen LogP contribution is -2.55. The molecule has 1 unspecified atom stereocenters. The predicted molar refractivity (Wildman–Crippen MR) is 169 cm³/mol. The van der Waals surface area contributed by atoms with Crippen molar-refractivity contribution in [1.82, 2.24) is 19.8 Å². The maximum Gasteiger partial charge on any atom is 0.246 e. The first-order valence-corrected chi connectivity index (χ1v) is 15.1. The third-order valence-corrected chi connectivity index (χ3v) is 9.13. The molecule has 0 N–H and O–H groups in total. The van der Waals surface area contributed by atoms with Crippen LogP contribution >= 0.6 is 15.9 Å². The van der Waals surface area contributed by atoms with E-state index in [0.717, 1.165) is 56.1 Å². The van der Waals surface area contributed by atoms with E-state index in [0.29, 0.717) is 38.2 Å². The molecule has 8 nitrogen and oxygen atoms in total. The van der Waals surface area contributed by atoms with Gasteiger partial charge in [-0.25, -0.2) is 4.98 Å². The summed E-state index contributed by atoms with van der Waals surface area (Å²) in [6.45, 7) is 6.89. The molecule has 42 heavy (non-hydrogen) atoms. The van der Waals surface area contributed by atoms with Gasteiger partial charge in [-0.15, -0.1) is 0 Å². The second kappa shape index (κ2) is 12.1. The summed E-state index contributed by atoms with van der Waals surface area (Å²) in [6.07, 6.45) is 5.74. The highest BCUT2D eigenvalue weighted by molar-refractivity contribution is 9.10. The number of ether oxygens (including phenoxy) is 1. The van der Waals surface area contributed by atoms with Crippen LogP contribution in [0.3, 0.4) is 0 Å². The third kappa shape index (κ3) is 5.44. The Hall–Kier alpha value is -4.00. The second-order valence-corrected chi connectivity index (χ2v) is 11.9. The highest BCUT2D eigenvalue weighted by atomic mass is 79.9. The number of rotatable bonds is 7. The van der Waals surface area contributed by atoms with Crippen LogP contribution in [0.15, 0.2) is 71.9 Å². The van der Waals surface area contributed by atoms with Gasteiger partial charge in [-0.1, -0.05) is 52.8 Å². The molecule has 2 aliphatic heterocycles. The topological polar surface area (TPSA) is 85.6 Å². The molecule has 2 fully saturated rings. The number of anilines is 1. The standard InChI is InChI=1S/C33H33BrN6O2/c1-3-31(41)40-16-15-39(20-24(40)12-13-35)29-18-30(42-21-25-9-6-14-38(25)2)37-28-17-23(19-36-33(28)29)26-10-4-7-22-8-5-11-27(34)32(22)26/h3-5,7-8,10-11,17-19,24-25H,1,6,9,12,14-16,20-21H2,2H3/t24?,25-/m0/s1. The number of nitriles is 1. The van der Waals surface area contributed by atoms with Crippen LogP contribution < -0.4 is 9.64 Å². The monoisotopic (exact) mass is 624 g/mol. The highest BCUT2D eigenvalue weighted by Gasteiger charge is 2.31. The number of likely N-dealkylation sites (N-methyl/N-ethyl adjacent to an activating group) is 1. The largest absolute Gasteiger partial charge is 0.476 e. The number of carbonyl (C=O) groups is 1. The molecule has 6 rings (SSSR count). The Labute approximate surface area is 254 Å². The number of pyridine rings is 2. The third-order valence-electron chi connectivity index (χ3n) is 8.47. The molecule has 0 spiro atoms. The van der Waals surface area contributed by atoms with Crippen LogP contribution in [0.25, 0.3) is 32.9 Å². The number of piperazine rings is 1. The number of likely N-dealkylation sites (tertiary alicyclic amines) is 1. The smallest absolute Gasteiger partial charge is 0.246 e. The van der Waals surface area contributed by atoms with Gasteiger partial charge in [0.2, 0.25) is 11.8 Å². The summed E-state index contributed by atoms with van der Waals surface area (Å²) >= 11 is 3.74. The number of hydrogen-bond acceptors (Lipinski definition) is 7. The summed E-state index contributed by atoms with van der Waals surface area (Å²) in [5.41, 5.74) is 4.44. The fraction of sp³-hybridized carbons (Fsp3) is 0.333. The van der Waals surface area contributed by atoms with Gasteiger partial charge < -0.3 is 19.4 Å². The van der Waals surface area contributed by atoms with Crippen LogP contribution in [0.2, 0.25) is 0 Å². The lowest BCUT2D eigenvalue weighted by Gasteiger charge is -2.41. The number of amides is 1. The Kier molecular flexibility index (Phi) is 8.09. The van der Waals surface area contributed by atoms with Crippen LogP contribution in [0.4, 0.5) is 5.69 Å². The molecule has 0 aliphatic carbocycles. The molecule has 0 bridgehead atoms. The van der Waals surface area contributed by atoms with Crippen molar-refractivity contribution in [3.8, 4) is 23.1 Å². The van der Waals surface area contributed by atoms with E-state index in [2.05, 4.69) is 81.8 Å². The molecule has 0 saturated carbocycles. The molecule has 0 radical (unpaired) electrons. The average Bonchev–Trinajstić information content (AvgIpc) is 3.43. The number of nitrogens with zero attached hydrogens (tertiary/aromatic N) is 6. The van der Waals surface area contributed by atoms with Gasteiger partial charge >= 0.3 is 0 Å². The Morgan fingerprint density at radius 2 is 2.02 bits per heavy atom. The molecule has 2 atom stereocenters. The first-order chi connectivity index (χ1) is 20.5. The Balaban J connectivity index is 1.42. The molecule has 2 aromatic heterocycles. The predicted octanol–water partition coefficient (Wildman–Crippen LogP) is 5.80. The van der Waals surface area contributed by atoms with Gasteiger partial charge in [-0.2, -0.15) is 5.26 Å². The number of aromatic nitrogens is 2. The average molecular weight is 626 g/mol. The lowest BCUT2D eigenvalue weighted by molar-refractivity contribution is -0.128. The Morgan fingerprint density at radius 1 is 1.19 bits per heavy atom. The summed E-state index contributed by atoms with van der Waals surface area (Å²) in [6, 6.07) is 18.9. The van der Waals surface area contributed by atoms with Crippen molar-refractivity contribution < 1.29 is 9.53 Å². The first-order valence-electron chi connectivity index (χ1n) is 14.3. The van der Waals surface area contributed by atoms with E-state index in [1.807, 2.05) is 18.3 Å². The summed E-state index contributed by atoms with van der Waals surface area (Å²) in [5.74, 6) is 0.403. The van der Waals surface area contributed by atoms with Crippen LogP contribution in [0.5, 0.6) is 5.88 Å². The van der Waals surface area contributed by atoms with Crippen LogP contribution in [-0.4, -0.2) is 77.6 Å². The van der Waals surface area contributed by atoms with Crippen molar-refractivity contribution in [2.45, 2.75) is 31.3 Å². The molecule has 2 aromatic carbocycles. The van der Waals surface area contributed by atoms with Gasteiger partial charge in [0.05, 0.1) is 29.7 Å². The summed E-state index contributed by atoms with van der Waals surface area (Å²) in [4.78, 5) is 28.7. The molecule has 1 amide bonds. The molecule has 4 aromatic rings. The van der Waals surface area contributed by atoms with E-state index in [1.54, 1.807) is 4.90 Å². The zero-order valence-electron chi connectivity index (χ0n) is 23.7. The van der Waals surface area contributed by atoms with Crippen molar-refractivity contribution in [3.05, 3.63) is 71.9 Å². The quantitative estimate of drug-likeness (QED) is 0.240. The molecule has 2 aliphatic rings. The van der Waals surface area contributed by atoms with E-state index >= 15 is 0 Å². The number of hydrogen-bond donors (Lipinski definition) is 0.